The van der Waals surface area contributed by atoms with Gasteiger partial charge in [-0.1, -0.05) is 35.5 Å². The molecule has 1 saturated carbocycles. The Morgan fingerprint density at radius 2 is 2.25 bits per heavy atom. The third kappa shape index (κ3) is 3.00. The van der Waals surface area contributed by atoms with Gasteiger partial charge in [-0.2, -0.15) is 0 Å². The van der Waals surface area contributed by atoms with Crippen molar-refractivity contribution in [1.29, 1.82) is 0 Å². The van der Waals surface area contributed by atoms with Gasteiger partial charge in [0.1, 0.15) is 5.82 Å². The van der Waals surface area contributed by atoms with Crippen LogP contribution < -0.4 is 0 Å². The number of halogens is 1. The molecule has 0 aliphatic heterocycles. The Morgan fingerprint density at radius 3 is 2.95 bits per heavy atom. The van der Waals surface area contributed by atoms with Crippen molar-refractivity contribution in [2.75, 3.05) is 5.75 Å². The van der Waals surface area contributed by atoms with Gasteiger partial charge in [0.15, 0.2) is 5.16 Å². The van der Waals surface area contributed by atoms with E-state index in [-0.39, 0.29) is 0 Å². The SMILES string of the molecule is Cc1nnc(SCC(O)c2cccc(Cl)c2)n1C1CC1. The molecule has 1 aliphatic carbocycles. The van der Waals surface area contributed by atoms with Gasteiger partial charge in [-0.05, 0) is 37.5 Å². The minimum atomic E-state index is -0.552. The molecule has 0 spiro atoms. The monoisotopic (exact) mass is 309 g/mol. The molecule has 1 fully saturated rings. The van der Waals surface area contributed by atoms with Crippen LogP contribution in [0.3, 0.4) is 0 Å². The molecule has 1 atom stereocenters. The van der Waals surface area contributed by atoms with Crippen molar-refractivity contribution in [3.05, 3.63) is 40.7 Å². The topological polar surface area (TPSA) is 50.9 Å². The van der Waals surface area contributed by atoms with Crippen LogP contribution in [0, 0.1) is 6.92 Å². The molecule has 6 heteroatoms. The normalized spacial score (nSPS) is 16.4. The summed E-state index contributed by atoms with van der Waals surface area (Å²) >= 11 is 7.48. The van der Waals surface area contributed by atoms with E-state index in [1.165, 1.54) is 12.8 Å². The summed E-state index contributed by atoms with van der Waals surface area (Å²) in [5.41, 5.74) is 0.833. The molecule has 106 valence electrons. The molecule has 20 heavy (non-hydrogen) atoms. The number of thioether (sulfide) groups is 1. The van der Waals surface area contributed by atoms with Crippen LogP contribution in [0.1, 0.15) is 36.4 Å². The molecule has 0 amide bonds. The first kappa shape index (κ1) is 13.9. The summed E-state index contributed by atoms with van der Waals surface area (Å²) in [6.45, 7) is 1.97. The van der Waals surface area contributed by atoms with Crippen LogP contribution in [0.15, 0.2) is 29.4 Å². The van der Waals surface area contributed by atoms with Crippen LogP contribution >= 0.6 is 23.4 Å². The number of aryl methyl sites for hydroxylation is 1. The van der Waals surface area contributed by atoms with Gasteiger partial charge < -0.3 is 9.67 Å². The summed E-state index contributed by atoms with van der Waals surface area (Å²) in [6.07, 6.45) is 1.84. The van der Waals surface area contributed by atoms with E-state index in [1.807, 2.05) is 19.1 Å². The summed E-state index contributed by atoms with van der Waals surface area (Å²) in [7, 11) is 0. The number of rotatable bonds is 5. The number of aromatic nitrogens is 3. The molecule has 1 unspecified atom stereocenters. The van der Waals surface area contributed by atoms with E-state index < -0.39 is 6.10 Å². The molecule has 1 aromatic heterocycles. The smallest absolute Gasteiger partial charge is 0.191 e. The zero-order chi connectivity index (χ0) is 14.1. The zero-order valence-electron chi connectivity index (χ0n) is 11.2. The van der Waals surface area contributed by atoms with E-state index in [4.69, 9.17) is 11.6 Å². The Balaban J connectivity index is 1.67. The lowest BCUT2D eigenvalue weighted by molar-refractivity contribution is 0.204. The first-order valence-electron chi connectivity index (χ1n) is 6.63. The fourth-order valence-electron chi connectivity index (χ4n) is 2.17. The van der Waals surface area contributed by atoms with Gasteiger partial charge in [-0.3, -0.25) is 0 Å². The number of hydrogen-bond donors (Lipinski definition) is 1. The lowest BCUT2D eigenvalue weighted by Gasteiger charge is -2.11. The van der Waals surface area contributed by atoms with E-state index >= 15 is 0 Å². The van der Waals surface area contributed by atoms with Crippen LogP contribution in [0.4, 0.5) is 0 Å². The average molecular weight is 310 g/mol. The van der Waals surface area contributed by atoms with Crippen molar-refractivity contribution < 1.29 is 5.11 Å². The van der Waals surface area contributed by atoms with Crippen molar-refractivity contribution in [2.45, 2.75) is 37.1 Å². The lowest BCUT2D eigenvalue weighted by atomic mass is 10.1. The van der Waals surface area contributed by atoms with Crippen molar-refractivity contribution in [3.63, 3.8) is 0 Å². The van der Waals surface area contributed by atoms with Gasteiger partial charge in [0, 0.05) is 16.8 Å². The van der Waals surface area contributed by atoms with Crippen molar-refractivity contribution in [1.82, 2.24) is 14.8 Å². The molecule has 1 heterocycles. The number of hydrogen-bond acceptors (Lipinski definition) is 4. The minimum absolute atomic E-state index is 0.547. The molecule has 1 aromatic carbocycles. The molecule has 1 aliphatic rings. The number of benzene rings is 1. The largest absolute Gasteiger partial charge is 0.388 e. The second-order valence-corrected chi connectivity index (χ2v) is 6.44. The second kappa shape index (κ2) is 5.76. The number of nitrogens with zero attached hydrogens (tertiary/aromatic N) is 3. The first-order valence-corrected chi connectivity index (χ1v) is 7.99. The summed E-state index contributed by atoms with van der Waals surface area (Å²) in [5, 5.41) is 20.1. The summed E-state index contributed by atoms with van der Waals surface area (Å²) < 4.78 is 2.18. The van der Waals surface area contributed by atoms with Gasteiger partial charge in [0.25, 0.3) is 0 Å². The van der Waals surface area contributed by atoms with Crippen molar-refractivity contribution in [3.8, 4) is 0 Å². The third-order valence-electron chi connectivity index (χ3n) is 3.35. The quantitative estimate of drug-likeness (QED) is 0.860. The fraction of sp³-hybridized carbons (Fsp3) is 0.429. The Bertz CT molecular complexity index is 612. The predicted molar refractivity (Wildman–Crippen MR) is 80.2 cm³/mol. The molecule has 0 radical (unpaired) electrons. The Morgan fingerprint density at radius 1 is 1.45 bits per heavy atom. The maximum Gasteiger partial charge on any atom is 0.191 e. The highest BCUT2D eigenvalue weighted by Gasteiger charge is 2.28. The molecular formula is C14H16ClN3OS. The Kier molecular flexibility index (Phi) is 4.01. The Labute approximate surface area is 127 Å². The van der Waals surface area contributed by atoms with Crippen molar-refractivity contribution in [2.24, 2.45) is 0 Å². The Hall–Kier alpha value is -1.04. The molecule has 4 nitrogen and oxygen atoms in total. The summed E-state index contributed by atoms with van der Waals surface area (Å²) in [6, 6.07) is 7.88. The highest BCUT2D eigenvalue weighted by atomic mass is 35.5. The van der Waals surface area contributed by atoms with E-state index in [9.17, 15) is 5.11 Å². The molecular weight excluding hydrogens is 294 g/mol. The number of aliphatic hydroxyl groups excluding tert-OH is 1. The van der Waals surface area contributed by atoms with E-state index in [0.717, 1.165) is 16.5 Å². The minimum Gasteiger partial charge on any atom is -0.388 e. The van der Waals surface area contributed by atoms with Gasteiger partial charge in [-0.25, -0.2) is 0 Å². The maximum atomic E-state index is 10.2. The standard InChI is InChI=1S/C14H16ClN3OS/c1-9-16-17-14(18(9)12-5-6-12)20-8-13(19)10-3-2-4-11(15)7-10/h2-4,7,12-13,19H,5-6,8H2,1H3. The third-order valence-corrected chi connectivity index (χ3v) is 4.60. The summed E-state index contributed by atoms with van der Waals surface area (Å²) in [5.74, 6) is 1.50. The molecule has 3 rings (SSSR count). The highest BCUT2D eigenvalue weighted by Crippen LogP contribution is 2.39. The van der Waals surface area contributed by atoms with E-state index in [0.29, 0.717) is 16.8 Å². The van der Waals surface area contributed by atoms with Crippen LogP contribution in [0.5, 0.6) is 0 Å². The fourth-order valence-corrected chi connectivity index (χ4v) is 3.38. The zero-order valence-corrected chi connectivity index (χ0v) is 12.7. The van der Waals surface area contributed by atoms with E-state index in [2.05, 4.69) is 14.8 Å². The van der Waals surface area contributed by atoms with Crippen LogP contribution in [0.2, 0.25) is 5.02 Å². The predicted octanol–water partition coefficient (Wildman–Crippen LogP) is 3.40. The average Bonchev–Trinajstić information content (AvgIpc) is 3.20. The first-order chi connectivity index (χ1) is 9.65. The van der Waals surface area contributed by atoms with Crippen LogP contribution in [0.25, 0.3) is 0 Å². The lowest BCUT2D eigenvalue weighted by Crippen LogP contribution is -2.03. The summed E-state index contributed by atoms with van der Waals surface area (Å²) in [4.78, 5) is 0. The van der Waals surface area contributed by atoms with Crippen LogP contribution in [-0.2, 0) is 0 Å². The van der Waals surface area contributed by atoms with Gasteiger partial charge >= 0.3 is 0 Å². The second-order valence-electron chi connectivity index (χ2n) is 5.01. The van der Waals surface area contributed by atoms with Gasteiger partial charge in [0.05, 0.1) is 6.10 Å². The maximum absolute atomic E-state index is 10.2. The molecule has 1 N–H and O–H groups in total. The molecule has 2 aromatic rings. The highest BCUT2D eigenvalue weighted by molar-refractivity contribution is 7.99. The van der Waals surface area contributed by atoms with Crippen molar-refractivity contribution >= 4 is 23.4 Å². The van der Waals surface area contributed by atoms with E-state index in [1.54, 1.807) is 23.9 Å². The van der Waals surface area contributed by atoms with Gasteiger partial charge in [0.2, 0.25) is 0 Å². The van der Waals surface area contributed by atoms with Crippen LogP contribution in [-0.4, -0.2) is 25.6 Å². The number of aliphatic hydroxyl groups is 1. The molecule has 0 bridgehead atoms. The molecule has 0 saturated heterocycles. The van der Waals surface area contributed by atoms with Gasteiger partial charge in [-0.15, -0.1) is 10.2 Å².